The van der Waals surface area contributed by atoms with Crippen LogP contribution in [0.4, 0.5) is 5.69 Å². The van der Waals surface area contributed by atoms with E-state index in [1.54, 1.807) is 0 Å². The molecule has 0 atom stereocenters. The van der Waals surface area contributed by atoms with Crippen molar-refractivity contribution in [2.75, 3.05) is 11.6 Å². The SMILES string of the molecule is C=C/C=C1/CCN(N)c2c(ccc(C)c2C)/C1=C/C=C. The lowest BCUT2D eigenvalue weighted by atomic mass is 9.92. The summed E-state index contributed by atoms with van der Waals surface area (Å²) in [4.78, 5) is 0. The maximum Gasteiger partial charge on any atom is 0.0627 e. The molecule has 0 spiro atoms. The molecule has 0 radical (unpaired) electrons. The van der Waals surface area contributed by atoms with Crippen LogP contribution in [0, 0.1) is 13.8 Å². The van der Waals surface area contributed by atoms with Crippen molar-refractivity contribution in [1.29, 1.82) is 0 Å². The van der Waals surface area contributed by atoms with Gasteiger partial charge in [0.25, 0.3) is 0 Å². The predicted octanol–water partition coefficient (Wildman–Crippen LogP) is 4.07. The van der Waals surface area contributed by atoms with Crippen LogP contribution in [0.15, 0.2) is 55.2 Å². The van der Waals surface area contributed by atoms with Crippen LogP contribution in [0.5, 0.6) is 0 Å². The van der Waals surface area contributed by atoms with Crippen molar-refractivity contribution in [2.24, 2.45) is 5.84 Å². The molecule has 0 amide bonds. The largest absolute Gasteiger partial charge is 0.310 e. The van der Waals surface area contributed by atoms with E-state index in [9.17, 15) is 0 Å². The number of anilines is 1. The number of nitrogens with zero attached hydrogens (tertiary/aromatic N) is 1. The molecule has 2 heteroatoms. The second-order valence-electron chi connectivity index (χ2n) is 5.09. The molecule has 0 bridgehead atoms. The van der Waals surface area contributed by atoms with Gasteiger partial charge in [-0.25, -0.2) is 5.84 Å². The second-order valence-corrected chi connectivity index (χ2v) is 5.09. The molecule has 1 heterocycles. The number of allylic oxidation sites excluding steroid dienone is 5. The molecule has 0 saturated carbocycles. The molecular formula is C18H22N2. The summed E-state index contributed by atoms with van der Waals surface area (Å²) in [7, 11) is 0. The number of fused-ring (bicyclic) bond motifs is 1. The van der Waals surface area contributed by atoms with Crippen LogP contribution in [0.1, 0.15) is 23.1 Å². The normalized spacial score (nSPS) is 18.9. The molecule has 2 nitrogen and oxygen atoms in total. The predicted molar refractivity (Wildman–Crippen MR) is 88.5 cm³/mol. The first-order valence-electron chi connectivity index (χ1n) is 6.87. The van der Waals surface area contributed by atoms with E-state index in [0.717, 1.165) is 18.7 Å². The van der Waals surface area contributed by atoms with Crippen LogP contribution >= 0.6 is 0 Å². The highest BCUT2D eigenvalue weighted by Gasteiger charge is 2.21. The summed E-state index contributed by atoms with van der Waals surface area (Å²) in [5.74, 6) is 6.26. The van der Waals surface area contributed by atoms with Gasteiger partial charge in [-0.1, -0.05) is 49.6 Å². The van der Waals surface area contributed by atoms with E-state index in [-0.39, 0.29) is 0 Å². The maximum atomic E-state index is 6.26. The van der Waals surface area contributed by atoms with Gasteiger partial charge in [0.15, 0.2) is 0 Å². The Labute approximate surface area is 121 Å². The summed E-state index contributed by atoms with van der Waals surface area (Å²) in [6.45, 7) is 12.7. The molecule has 1 aliphatic heterocycles. The Morgan fingerprint density at radius 2 is 1.85 bits per heavy atom. The Morgan fingerprint density at radius 3 is 2.50 bits per heavy atom. The average molecular weight is 266 g/mol. The first-order valence-corrected chi connectivity index (χ1v) is 6.87. The fraction of sp³-hybridized carbons (Fsp3) is 0.222. The third-order valence-corrected chi connectivity index (χ3v) is 3.85. The standard InChI is InChI=1S/C18H22N2/c1-5-7-15-11-12-20(19)18-14(4)13(3)9-10-17(18)16(15)8-6-2/h5-10H,1-2,11-12,19H2,3-4H3/b15-7-,16-8+. The summed E-state index contributed by atoms with van der Waals surface area (Å²) in [6, 6.07) is 4.30. The van der Waals surface area contributed by atoms with Crippen LogP contribution in [-0.2, 0) is 0 Å². The third kappa shape index (κ3) is 2.47. The Balaban J connectivity index is 2.75. The Kier molecular flexibility index (Phi) is 4.26. The zero-order valence-corrected chi connectivity index (χ0v) is 12.3. The minimum atomic E-state index is 0.797. The minimum Gasteiger partial charge on any atom is -0.310 e. The topological polar surface area (TPSA) is 29.3 Å². The summed E-state index contributed by atoms with van der Waals surface area (Å²) in [6.07, 6.45) is 8.68. The molecule has 104 valence electrons. The smallest absolute Gasteiger partial charge is 0.0627 e. The summed E-state index contributed by atoms with van der Waals surface area (Å²) in [5, 5.41) is 1.86. The Hall–Kier alpha value is -2.06. The summed E-state index contributed by atoms with van der Waals surface area (Å²) in [5.41, 5.74) is 7.21. The number of hydrazine groups is 1. The van der Waals surface area contributed by atoms with Crippen molar-refractivity contribution >= 4 is 11.3 Å². The zero-order valence-electron chi connectivity index (χ0n) is 12.3. The van der Waals surface area contributed by atoms with Crippen LogP contribution in [0.2, 0.25) is 0 Å². The molecule has 1 aliphatic rings. The molecule has 1 aromatic carbocycles. The Bertz CT molecular complexity index is 606. The first-order chi connectivity index (χ1) is 9.60. The third-order valence-electron chi connectivity index (χ3n) is 3.85. The molecule has 1 aromatic rings. The van der Waals surface area contributed by atoms with Gasteiger partial charge in [-0.05, 0) is 42.5 Å². The van der Waals surface area contributed by atoms with Crippen molar-refractivity contribution in [3.05, 3.63) is 71.9 Å². The first kappa shape index (κ1) is 14.4. The van der Waals surface area contributed by atoms with Crippen molar-refractivity contribution < 1.29 is 0 Å². The van der Waals surface area contributed by atoms with E-state index in [0.29, 0.717) is 0 Å². The van der Waals surface area contributed by atoms with E-state index in [1.807, 2.05) is 17.2 Å². The number of hydrogen-bond acceptors (Lipinski definition) is 2. The number of nitrogens with two attached hydrogens (primary N) is 1. The quantitative estimate of drug-likeness (QED) is 0.818. The summed E-state index contributed by atoms with van der Waals surface area (Å²) < 4.78 is 0. The van der Waals surface area contributed by atoms with E-state index < -0.39 is 0 Å². The molecule has 2 N–H and O–H groups in total. The van der Waals surface area contributed by atoms with Gasteiger partial charge < -0.3 is 5.01 Å². The van der Waals surface area contributed by atoms with Crippen LogP contribution in [0.25, 0.3) is 5.57 Å². The van der Waals surface area contributed by atoms with Crippen molar-refractivity contribution in [2.45, 2.75) is 20.3 Å². The lowest BCUT2D eigenvalue weighted by Gasteiger charge is -2.22. The maximum absolute atomic E-state index is 6.26. The van der Waals surface area contributed by atoms with Gasteiger partial charge in [0.1, 0.15) is 0 Å². The van der Waals surface area contributed by atoms with Gasteiger partial charge in [0.2, 0.25) is 0 Å². The lowest BCUT2D eigenvalue weighted by molar-refractivity contribution is 0.833. The zero-order chi connectivity index (χ0) is 14.7. The highest BCUT2D eigenvalue weighted by Crippen LogP contribution is 2.38. The number of aryl methyl sites for hydroxylation is 1. The van der Waals surface area contributed by atoms with Crippen LogP contribution in [0.3, 0.4) is 0 Å². The highest BCUT2D eigenvalue weighted by molar-refractivity contribution is 5.89. The molecule has 0 aliphatic carbocycles. The monoisotopic (exact) mass is 266 g/mol. The van der Waals surface area contributed by atoms with Crippen LogP contribution in [-0.4, -0.2) is 6.54 Å². The van der Waals surface area contributed by atoms with Gasteiger partial charge in [-0.15, -0.1) is 0 Å². The fourth-order valence-electron chi connectivity index (χ4n) is 2.68. The van der Waals surface area contributed by atoms with Crippen LogP contribution < -0.4 is 10.9 Å². The van der Waals surface area contributed by atoms with E-state index >= 15 is 0 Å². The van der Waals surface area contributed by atoms with E-state index in [2.05, 4.69) is 51.3 Å². The van der Waals surface area contributed by atoms with Crippen molar-refractivity contribution in [1.82, 2.24) is 0 Å². The molecule has 0 fully saturated rings. The number of hydrogen-bond donors (Lipinski definition) is 1. The molecule has 2 rings (SSSR count). The van der Waals surface area contributed by atoms with Gasteiger partial charge >= 0.3 is 0 Å². The fourth-order valence-corrected chi connectivity index (χ4v) is 2.68. The lowest BCUT2D eigenvalue weighted by Crippen LogP contribution is -2.32. The highest BCUT2D eigenvalue weighted by atomic mass is 15.4. The van der Waals surface area contributed by atoms with Crippen molar-refractivity contribution in [3.63, 3.8) is 0 Å². The Morgan fingerprint density at radius 1 is 1.15 bits per heavy atom. The van der Waals surface area contributed by atoms with Gasteiger partial charge in [-0.3, -0.25) is 0 Å². The number of rotatable bonds is 2. The van der Waals surface area contributed by atoms with Gasteiger partial charge in [0.05, 0.1) is 5.69 Å². The number of benzene rings is 1. The van der Waals surface area contributed by atoms with Crippen molar-refractivity contribution in [3.8, 4) is 0 Å². The minimum absolute atomic E-state index is 0.797. The van der Waals surface area contributed by atoms with Gasteiger partial charge in [0, 0.05) is 12.1 Å². The molecule has 20 heavy (non-hydrogen) atoms. The molecule has 0 unspecified atom stereocenters. The molecule has 0 aromatic heterocycles. The van der Waals surface area contributed by atoms with E-state index in [4.69, 9.17) is 5.84 Å². The molecule has 0 saturated heterocycles. The van der Waals surface area contributed by atoms with Gasteiger partial charge in [-0.2, -0.15) is 0 Å². The molecular weight excluding hydrogens is 244 g/mol. The second kappa shape index (κ2) is 5.93. The summed E-state index contributed by atoms with van der Waals surface area (Å²) >= 11 is 0. The van der Waals surface area contributed by atoms with E-state index in [1.165, 1.54) is 27.8 Å². The average Bonchev–Trinajstić information content (AvgIpc) is 2.55.